The lowest BCUT2D eigenvalue weighted by Crippen LogP contribution is -2.42. The van der Waals surface area contributed by atoms with Crippen LogP contribution in [0.1, 0.15) is 66.5 Å². The van der Waals surface area contributed by atoms with E-state index in [1.807, 2.05) is 13.8 Å². The average Bonchev–Trinajstić information content (AvgIpc) is 3.19. The summed E-state index contributed by atoms with van der Waals surface area (Å²) in [7, 11) is -4.46. The third-order valence-electron chi connectivity index (χ3n) is 6.79. The summed E-state index contributed by atoms with van der Waals surface area (Å²) < 4.78 is 66.0. The third-order valence-corrected chi connectivity index (χ3v) is 8.44. The number of carbonyl (C=O) groups excluding carboxylic acids is 2. The molecule has 0 aliphatic carbocycles. The Morgan fingerprint density at radius 1 is 1.13 bits per heavy atom. The van der Waals surface area contributed by atoms with Gasteiger partial charge in [-0.25, -0.2) is 9.36 Å². The van der Waals surface area contributed by atoms with Crippen LogP contribution in [0.3, 0.4) is 0 Å². The predicted octanol–water partition coefficient (Wildman–Crippen LogP) is 4.43. The van der Waals surface area contributed by atoms with Gasteiger partial charge in [-0.05, 0) is 51.8 Å². The van der Waals surface area contributed by atoms with Crippen molar-refractivity contribution < 1.29 is 46.6 Å². The molecule has 1 aliphatic rings. The Hall–Kier alpha value is -3.23. The molecular formula is C29H41F2N4O9P. The molecule has 0 radical (unpaired) electrons. The van der Waals surface area contributed by atoms with Gasteiger partial charge in [0.2, 0.25) is 12.1 Å². The number of alkyl halides is 2. The number of carbonyl (C=O) groups is 2. The van der Waals surface area contributed by atoms with Crippen LogP contribution in [0.25, 0.3) is 0 Å². The zero-order valence-corrected chi connectivity index (χ0v) is 26.7. The second kappa shape index (κ2) is 15.9. The van der Waals surface area contributed by atoms with Gasteiger partial charge in [0.25, 0.3) is 0 Å². The molecule has 1 aromatic heterocycles. The molecule has 1 fully saturated rings. The first-order chi connectivity index (χ1) is 21.2. The van der Waals surface area contributed by atoms with Crippen molar-refractivity contribution in [1.82, 2.24) is 14.6 Å². The maximum atomic E-state index is 15.2. The molecule has 16 heteroatoms. The zero-order chi connectivity index (χ0) is 33.4. The van der Waals surface area contributed by atoms with E-state index >= 15 is 8.78 Å². The highest BCUT2D eigenvalue weighted by Crippen LogP contribution is 2.48. The molecule has 0 spiro atoms. The third kappa shape index (κ3) is 9.63. The maximum absolute atomic E-state index is 15.2. The van der Waals surface area contributed by atoms with Crippen molar-refractivity contribution in [3.8, 4) is 5.75 Å². The molecule has 250 valence electrons. The van der Waals surface area contributed by atoms with Gasteiger partial charge >= 0.3 is 25.3 Å². The quantitative estimate of drug-likeness (QED) is 0.173. The molecule has 2 heterocycles. The van der Waals surface area contributed by atoms with Crippen molar-refractivity contribution >= 4 is 25.4 Å². The van der Waals surface area contributed by atoms with E-state index in [2.05, 4.69) is 15.4 Å². The van der Waals surface area contributed by atoms with Gasteiger partial charge in [-0.1, -0.05) is 44.9 Å². The Bertz CT molecular complexity index is 1390. The standard InChI is InChI=1S/C29H41F2N4O9P/c1-6-11-20(12-7-2)25(37)32-23-15-16-35(28(39)33-23)27-29(30,31)24(36)22(43-27)17-41-45(40,44-21-13-9-8-10-14-21)34-19(5)26(38)42-18(3)4/h8-10,13-16,18-20,22,24,27,36H,6-7,11-12,17H2,1-5H3,(H,34,40)(H,32,33,37,39)/t19-,22+,24+,27+,45?/m0/s1. The molecule has 0 bridgehead atoms. The molecule has 3 N–H and O–H groups in total. The van der Waals surface area contributed by atoms with E-state index in [1.54, 1.807) is 32.0 Å². The summed E-state index contributed by atoms with van der Waals surface area (Å²) in [6.45, 7) is 7.59. The lowest BCUT2D eigenvalue weighted by molar-refractivity contribution is -0.149. The monoisotopic (exact) mass is 658 g/mol. The highest BCUT2D eigenvalue weighted by molar-refractivity contribution is 7.52. The van der Waals surface area contributed by atoms with E-state index in [-0.39, 0.29) is 23.4 Å². The minimum Gasteiger partial charge on any atom is -0.462 e. The molecule has 1 aliphatic heterocycles. The number of halogens is 2. The highest BCUT2D eigenvalue weighted by Gasteiger charge is 2.60. The second-order valence-corrected chi connectivity index (χ2v) is 12.6. The first-order valence-corrected chi connectivity index (χ1v) is 16.3. The van der Waals surface area contributed by atoms with Crippen LogP contribution in [0.2, 0.25) is 0 Å². The first kappa shape index (κ1) is 36.2. The Balaban J connectivity index is 1.77. The molecule has 0 saturated carbocycles. The maximum Gasteiger partial charge on any atom is 0.459 e. The van der Waals surface area contributed by atoms with Crippen LogP contribution >= 0.6 is 7.75 Å². The molecule has 3 rings (SSSR count). The van der Waals surface area contributed by atoms with E-state index in [9.17, 15) is 24.1 Å². The second-order valence-electron chi connectivity index (χ2n) is 10.9. The van der Waals surface area contributed by atoms with Gasteiger partial charge < -0.3 is 24.4 Å². The summed E-state index contributed by atoms with van der Waals surface area (Å²) >= 11 is 0. The summed E-state index contributed by atoms with van der Waals surface area (Å²) in [6, 6.07) is 7.73. The van der Waals surface area contributed by atoms with Gasteiger partial charge in [0.1, 0.15) is 23.7 Å². The number of hydrogen-bond acceptors (Lipinski definition) is 10. The van der Waals surface area contributed by atoms with Crippen LogP contribution in [0, 0.1) is 5.92 Å². The number of aliphatic hydroxyl groups is 1. The molecule has 1 amide bonds. The predicted molar refractivity (Wildman–Crippen MR) is 160 cm³/mol. The van der Waals surface area contributed by atoms with Crippen molar-refractivity contribution in [3.63, 3.8) is 0 Å². The topological polar surface area (TPSA) is 167 Å². The SMILES string of the molecule is CCCC(CCC)C(=O)Nc1ccn([C@@H]2O[C@H](COP(=O)(N[C@@H](C)C(=O)OC(C)C)Oc3ccccc3)[C@@H](O)C2(F)F)c(=O)n1. The van der Waals surface area contributed by atoms with E-state index in [0.29, 0.717) is 17.4 Å². The van der Waals surface area contributed by atoms with Crippen LogP contribution in [-0.2, 0) is 28.2 Å². The number of rotatable bonds is 16. The van der Waals surface area contributed by atoms with Crippen molar-refractivity contribution in [2.24, 2.45) is 5.92 Å². The number of aliphatic hydroxyl groups excluding tert-OH is 1. The van der Waals surface area contributed by atoms with E-state index in [4.69, 9.17) is 18.5 Å². The first-order valence-electron chi connectivity index (χ1n) is 14.8. The Morgan fingerprint density at radius 3 is 2.36 bits per heavy atom. The number of nitrogens with one attached hydrogen (secondary N) is 2. The smallest absolute Gasteiger partial charge is 0.459 e. The number of benzene rings is 1. The minimum absolute atomic E-state index is 0.0781. The van der Waals surface area contributed by atoms with E-state index < -0.39 is 62.5 Å². The Morgan fingerprint density at radius 2 is 1.78 bits per heavy atom. The highest BCUT2D eigenvalue weighted by atomic mass is 31.2. The molecule has 2 aromatic rings. The van der Waals surface area contributed by atoms with Crippen molar-refractivity contribution in [1.29, 1.82) is 0 Å². The van der Waals surface area contributed by atoms with Gasteiger partial charge in [-0.3, -0.25) is 18.7 Å². The summed E-state index contributed by atoms with van der Waals surface area (Å²) in [5.74, 6) is -5.44. The molecule has 1 saturated heterocycles. The summed E-state index contributed by atoms with van der Waals surface area (Å²) in [6.07, 6.45) is -3.24. The minimum atomic E-state index is -4.46. The lowest BCUT2D eigenvalue weighted by atomic mass is 9.97. The van der Waals surface area contributed by atoms with Gasteiger partial charge in [0.15, 0.2) is 6.10 Å². The largest absolute Gasteiger partial charge is 0.462 e. The van der Waals surface area contributed by atoms with E-state index in [1.165, 1.54) is 25.1 Å². The number of aromatic nitrogens is 2. The van der Waals surface area contributed by atoms with Crippen LogP contribution in [0.4, 0.5) is 14.6 Å². The van der Waals surface area contributed by atoms with Gasteiger partial charge in [0.05, 0.1) is 12.7 Å². The number of nitrogens with zero attached hydrogens (tertiary/aromatic N) is 2. The number of para-hydroxylation sites is 1. The number of amides is 1. The number of hydrogen-bond donors (Lipinski definition) is 3. The van der Waals surface area contributed by atoms with Crippen molar-refractivity contribution in [2.45, 2.75) is 96.8 Å². The Labute approximate surface area is 260 Å². The fraction of sp³-hybridized carbons (Fsp3) is 0.586. The van der Waals surface area contributed by atoms with E-state index in [0.717, 1.165) is 19.0 Å². The van der Waals surface area contributed by atoms with Crippen molar-refractivity contribution in [2.75, 3.05) is 11.9 Å². The van der Waals surface area contributed by atoms with Crippen LogP contribution in [-0.4, -0.2) is 63.4 Å². The van der Waals surface area contributed by atoms with Crippen molar-refractivity contribution in [3.05, 3.63) is 53.1 Å². The fourth-order valence-electron chi connectivity index (χ4n) is 4.60. The molecule has 1 unspecified atom stereocenters. The molecule has 45 heavy (non-hydrogen) atoms. The van der Waals surface area contributed by atoms with Crippen LogP contribution in [0.5, 0.6) is 5.75 Å². The van der Waals surface area contributed by atoms with Crippen LogP contribution in [0.15, 0.2) is 47.4 Å². The summed E-state index contributed by atoms with van der Waals surface area (Å²) in [5.41, 5.74) is -1.16. The average molecular weight is 659 g/mol. The number of anilines is 1. The normalized spacial score (nSPS) is 21.3. The Kier molecular flexibility index (Phi) is 12.8. The number of esters is 1. The molecule has 5 atom stereocenters. The summed E-state index contributed by atoms with van der Waals surface area (Å²) in [5, 5.41) is 15.4. The van der Waals surface area contributed by atoms with Gasteiger partial charge in [0, 0.05) is 12.1 Å². The van der Waals surface area contributed by atoms with Gasteiger partial charge in [-0.15, -0.1) is 0 Å². The molecule has 1 aromatic carbocycles. The van der Waals surface area contributed by atoms with Gasteiger partial charge in [-0.2, -0.15) is 18.9 Å². The molecular weight excluding hydrogens is 617 g/mol. The summed E-state index contributed by atoms with van der Waals surface area (Å²) in [4.78, 5) is 41.5. The fourth-order valence-corrected chi connectivity index (χ4v) is 6.11. The molecule has 13 nitrogen and oxygen atoms in total. The lowest BCUT2D eigenvalue weighted by Gasteiger charge is -2.25. The number of ether oxygens (including phenoxy) is 2. The zero-order valence-electron chi connectivity index (χ0n) is 25.9. The van der Waals surface area contributed by atoms with Crippen LogP contribution < -0.4 is 20.6 Å².